The number of carbonyl (C=O) groups excluding carboxylic acids is 2. The first-order valence-electron chi connectivity index (χ1n) is 9.01. The molecule has 1 saturated heterocycles. The normalized spacial score (nSPS) is 17.1. The van der Waals surface area contributed by atoms with E-state index in [9.17, 15) is 9.59 Å². The van der Waals surface area contributed by atoms with E-state index in [4.69, 9.17) is 9.15 Å². The maximum Gasteiger partial charge on any atom is 0.328 e. The number of amides is 1. The van der Waals surface area contributed by atoms with E-state index in [1.807, 2.05) is 30.3 Å². The number of esters is 1. The molecule has 1 amide bonds. The summed E-state index contributed by atoms with van der Waals surface area (Å²) >= 11 is 0. The van der Waals surface area contributed by atoms with Gasteiger partial charge < -0.3 is 14.1 Å². The van der Waals surface area contributed by atoms with Gasteiger partial charge in [0, 0.05) is 11.9 Å². The molecule has 6 nitrogen and oxygen atoms in total. The second-order valence-corrected chi connectivity index (χ2v) is 6.58. The minimum atomic E-state index is -0.546. The topological polar surface area (TPSA) is 72.6 Å². The Kier molecular flexibility index (Phi) is 4.62. The highest BCUT2D eigenvalue weighted by atomic mass is 16.5. The number of furan rings is 1. The molecular weight excluding hydrogens is 344 g/mol. The van der Waals surface area contributed by atoms with Crippen LogP contribution in [0.4, 0.5) is 0 Å². The number of hydrogen-bond donors (Lipinski definition) is 0. The Bertz CT molecular complexity index is 981. The zero-order valence-electron chi connectivity index (χ0n) is 15.1. The number of pyridine rings is 1. The van der Waals surface area contributed by atoms with E-state index < -0.39 is 6.04 Å². The number of para-hydroxylation sites is 1. The zero-order chi connectivity index (χ0) is 18.8. The third kappa shape index (κ3) is 3.18. The van der Waals surface area contributed by atoms with Crippen molar-refractivity contribution in [2.45, 2.75) is 25.3 Å². The Morgan fingerprint density at radius 3 is 2.81 bits per heavy atom. The number of aromatic nitrogens is 1. The van der Waals surface area contributed by atoms with Crippen molar-refractivity contribution in [2.75, 3.05) is 13.7 Å². The van der Waals surface area contributed by atoms with Gasteiger partial charge >= 0.3 is 5.97 Å². The lowest BCUT2D eigenvalue weighted by molar-refractivity contribution is -0.147. The highest BCUT2D eigenvalue weighted by Gasteiger charge is 2.34. The number of benzene rings is 1. The molecule has 0 aliphatic carbocycles. The van der Waals surface area contributed by atoms with Crippen molar-refractivity contribution in [3.05, 3.63) is 54.3 Å². The lowest BCUT2D eigenvalue weighted by Crippen LogP contribution is -2.48. The van der Waals surface area contributed by atoms with Gasteiger partial charge in [0.15, 0.2) is 5.76 Å². The summed E-state index contributed by atoms with van der Waals surface area (Å²) in [5.74, 6) is 0.0436. The Balaban J connectivity index is 1.82. The van der Waals surface area contributed by atoms with E-state index in [0.717, 1.165) is 18.2 Å². The SMILES string of the molecule is COC(=O)C1CCCCN1C(=O)c1cc(-c2ccco2)nc2ccccc12. The van der Waals surface area contributed by atoms with Gasteiger partial charge in [-0.1, -0.05) is 18.2 Å². The van der Waals surface area contributed by atoms with Crippen molar-refractivity contribution in [3.8, 4) is 11.5 Å². The summed E-state index contributed by atoms with van der Waals surface area (Å²) in [6, 6.07) is 12.3. The molecule has 0 spiro atoms. The fourth-order valence-electron chi connectivity index (χ4n) is 3.61. The van der Waals surface area contributed by atoms with Crippen LogP contribution in [-0.4, -0.2) is 41.5 Å². The van der Waals surface area contributed by atoms with Crippen molar-refractivity contribution in [3.63, 3.8) is 0 Å². The molecule has 3 heterocycles. The van der Waals surface area contributed by atoms with Crippen LogP contribution in [-0.2, 0) is 9.53 Å². The molecule has 1 fully saturated rings. The second kappa shape index (κ2) is 7.23. The van der Waals surface area contributed by atoms with Crippen LogP contribution in [0.3, 0.4) is 0 Å². The molecule has 1 atom stereocenters. The monoisotopic (exact) mass is 364 g/mol. The van der Waals surface area contributed by atoms with Gasteiger partial charge in [0.05, 0.1) is 24.5 Å². The highest BCUT2D eigenvalue weighted by molar-refractivity contribution is 6.08. The fourth-order valence-corrected chi connectivity index (χ4v) is 3.61. The molecule has 1 aliphatic rings. The van der Waals surface area contributed by atoms with E-state index in [1.54, 1.807) is 23.3 Å². The minimum Gasteiger partial charge on any atom is -0.467 e. The number of rotatable bonds is 3. The predicted molar refractivity (Wildman–Crippen MR) is 100 cm³/mol. The maximum atomic E-state index is 13.4. The number of methoxy groups -OCH3 is 1. The Morgan fingerprint density at radius 2 is 2.04 bits per heavy atom. The molecule has 138 valence electrons. The number of fused-ring (bicyclic) bond motifs is 1. The van der Waals surface area contributed by atoms with E-state index in [2.05, 4.69) is 4.98 Å². The van der Waals surface area contributed by atoms with Crippen LogP contribution in [0.1, 0.15) is 29.6 Å². The summed E-state index contributed by atoms with van der Waals surface area (Å²) in [4.78, 5) is 31.9. The number of ether oxygens (including phenoxy) is 1. The van der Waals surface area contributed by atoms with Crippen LogP contribution in [0, 0.1) is 0 Å². The summed E-state index contributed by atoms with van der Waals surface area (Å²) in [6.45, 7) is 0.533. The molecule has 0 radical (unpaired) electrons. The molecule has 1 unspecified atom stereocenters. The summed E-state index contributed by atoms with van der Waals surface area (Å²) in [5, 5.41) is 0.756. The maximum absolute atomic E-state index is 13.4. The van der Waals surface area contributed by atoms with E-state index in [0.29, 0.717) is 35.5 Å². The van der Waals surface area contributed by atoms with Crippen LogP contribution >= 0.6 is 0 Å². The summed E-state index contributed by atoms with van der Waals surface area (Å²) in [5.41, 5.74) is 1.82. The van der Waals surface area contributed by atoms with Crippen LogP contribution in [0.5, 0.6) is 0 Å². The zero-order valence-corrected chi connectivity index (χ0v) is 15.1. The van der Waals surface area contributed by atoms with Gasteiger partial charge in [-0.05, 0) is 43.5 Å². The first kappa shape index (κ1) is 17.3. The molecular formula is C21H20N2O4. The minimum absolute atomic E-state index is 0.184. The molecule has 0 N–H and O–H groups in total. The Morgan fingerprint density at radius 1 is 1.19 bits per heavy atom. The molecule has 4 rings (SSSR count). The first-order valence-corrected chi connectivity index (χ1v) is 9.01. The van der Waals surface area contributed by atoms with Crippen molar-refractivity contribution < 1.29 is 18.7 Å². The Labute approximate surface area is 156 Å². The Hall–Kier alpha value is -3.15. The molecule has 0 bridgehead atoms. The van der Waals surface area contributed by atoms with Gasteiger partial charge in [0.25, 0.3) is 5.91 Å². The molecule has 6 heteroatoms. The van der Waals surface area contributed by atoms with Crippen molar-refractivity contribution >= 4 is 22.8 Å². The molecule has 27 heavy (non-hydrogen) atoms. The van der Waals surface area contributed by atoms with Crippen molar-refractivity contribution in [1.29, 1.82) is 0 Å². The lowest BCUT2D eigenvalue weighted by Gasteiger charge is -2.34. The van der Waals surface area contributed by atoms with Gasteiger partial charge in [0.2, 0.25) is 0 Å². The van der Waals surface area contributed by atoms with Crippen LogP contribution in [0.2, 0.25) is 0 Å². The van der Waals surface area contributed by atoms with Crippen molar-refractivity contribution in [1.82, 2.24) is 9.88 Å². The number of likely N-dealkylation sites (tertiary alicyclic amines) is 1. The second-order valence-electron chi connectivity index (χ2n) is 6.58. The van der Waals surface area contributed by atoms with Crippen molar-refractivity contribution in [2.24, 2.45) is 0 Å². The van der Waals surface area contributed by atoms with Crippen LogP contribution in [0.15, 0.2) is 53.1 Å². The van der Waals surface area contributed by atoms with Crippen LogP contribution in [0.25, 0.3) is 22.4 Å². The average molecular weight is 364 g/mol. The summed E-state index contributed by atoms with van der Waals surface area (Å²) in [7, 11) is 1.36. The van der Waals surface area contributed by atoms with Gasteiger partial charge in [-0.25, -0.2) is 9.78 Å². The van der Waals surface area contributed by atoms with Gasteiger partial charge in [-0.2, -0.15) is 0 Å². The third-order valence-electron chi connectivity index (χ3n) is 4.96. The van der Waals surface area contributed by atoms with E-state index in [-0.39, 0.29) is 11.9 Å². The molecule has 1 aliphatic heterocycles. The lowest BCUT2D eigenvalue weighted by atomic mass is 9.99. The number of piperidine rings is 1. The third-order valence-corrected chi connectivity index (χ3v) is 4.96. The largest absolute Gasteiger partial charge is 0.467 e. The van der Waals surface area contributed by atoms with E-state index >= 15 is 0 Å². The van der Waals surface area contributed by atoms with Gasteiger partial charge in [-0.15, -0.1) is 0 Å². The molecule has 1 aromatic carbocycles. The molecule has 0 saturated carbocycles. The number of carbonyl (C=O) groups is 2. The standard InChI is InChI=1S/C21H20N2O4/c1-26-21(25)18-9-4-5-11-23(18)20(24)15-13-17(19-10-6-12-27-19)22-16-8-3-2-7-14(15)16/h2-3,6-8,10,12-13,18H,4-5,9,11H2,1H3. The molecule has 3 aromatic rings. The van der Waals surface area contributed by atoms with E-state index in [1.165, 1.54) is 7.11 Å². The summed E-state index contributed by atoms with van der Waals surface area (Å²) < 4.78 is 10.4. The first-order chi connectivity index (χ1) is 13.2. The van der Waals surface area contributed by atoms with Gasteiger partial charge in [-0.3, -0.25) is 4.79 Å². The smallest absolute Gasteiger partial charge is 0.328 e. The highest BCUT2D eigenvalue weighted by Crippen LogP contribution is 2.28. The average Bonchev–Trinajstić information content (AvgIpc) is 3.27. The quantitative estimate of drug-likeness (QED) is 0.663. The summed E-state index contributed by atoms with van der Waals surface area (Å²) in [6.07, 6.45) is 3.96. The predicted octanol–water partition coefficient (Wildman–Crippen LogP) is 3.66. The number of hydrogen-bond acceptors (Lipinski definition) is 5. The molecule has 2 aromatic heterocycles. The number of nitrogens with zero attached hydrogens (tertiary/aromatic N) is 2. The van der Waals surface area contributed by atoms with Crippen LogP contribution < -0.4 is 0 Å². The van der Waals surface area contributed by atoms with Gasteiger partial charge in [0.1, 0.15) is 11.7 Å². The fraction of sp³-hybridized carbons (Fsp3) is 0.286.